The maximum absolute atomic E-state index is 12.9. The predicted molar refractivity (Wildman–Crippen MR) is 106 cm³/mol. The second-order valence-electron chi connectivity index (χ2n) is 8.47. The van der Waals surface area contributed by atoms with Gasteiger partial charge in [0.2, 0.25) is 0 Å². The van der Waals surface area contributed by atoms with Crippen molar-refractivity contribution in [1.29, 1.82) is 0 Å². The molecule has 3 aliphatic rings. The highest BCUT2D eigenvalue weighted by Crippen LogP contribution is 2.61. The van der Waals surface area contributed by atoms with Gasteiger partial charge in [0.05, 0.1) is 10.9 Å². The first-order chi connectivity index (χ1) is 12.8. The number of Topliss-reactive ketones (excluding diaryl/α,β-unsaturated/α-hetero) is 1. The molecule has 0 radical (unpaired) electrons. The van der Waals surface area contributed by atoms with Crippen LogP contribution in [0.25, 0.3) is 0 Å². The Kier molecular flexibility index (Phi) is 4.96. The normalized spacial score (nSPS) is 37.3. The van der Waals surface area contributed by atoms with Gasteiger partial charge in [-0.3, -0.25) is 9.59 Å². The summed E-state index contributed by atoms with van der Waals surface area (Å²) in [6, 6.07) is 6.02. The number of ketones is 1. The third-order valence-corrected chi connectivity index (χ3v) is 7.78. The summed E-state index contributed by atoms with van der Waals surface area (Å²) in [5, 5.41) is 0. The number of hydrogen-bond donors (Lipinski definition) is 0. The molecular formula is C22H27BrO4. The largest absolute Gasteiger partial charge is 0.427 e. The van der Waals surface area contributed by atoms with Crippen LogP contribution in [0, 0.1) is 17.3 Å². The van der Waals surface area contributed by atoms with E-state index in [0.717, 1.165) is 25.7 Å². The number of aryl methyl sites for hydroxylation is 1. The summed E-state index contributed by atoms with van der Waals surface area (Å²) in [5.74, 6) is 1.84. The van der Waals surface area contributed by atoms with Crippen LogP contribution in [0.15, 0.2) is 18.2 Å². The Balaban J connectivity index is 1.73. The molecule has 0 amide bonds. The SMILES string of the molecule is CCO[C@H]1C[C@]2(C)C(=O)[C@H](Br)C[C@H]2[C@@H]2CCc3cc(OC(C)=O)ccc3[C@H]21. The van der Waals surface area contributed by atoms with E-state index in [4.69, 9.17) is 9.47 Å². The van der Waals surface area contributed by atoms with Crippen molar-refractivity contribution in [3.05, 3.63) is 29.3 Å². The van der Waals surface area contributed by atoms with Gasteiger partial charge in [-0.15, -0.1) is 0 Å². The molecule has 0 bridgehead atoms. The van der Waals surface area contributed by atoms with Crippen LogP contribution in [0.1, 0.15) is 57.1 Å². The average molecular weight is 435 g/mol. The molecule has 0 aromatic heterocycles. The lowest BCUT2D eigenvalue weighted by Crippen LogP contribution is -2.50. The van der Waals surface area contributed by atoms with Crippen molar-refractivity contribution in [1.82, 2.24) is 0 Å². The minimum atomic E-state index is -0.294. The number of rotatable bonds is 3. The number of fused-ring (bicyclic) bond motifs is 5. The zero-order valence-electron chi connectivity index (χ0n) is 16.2. The number of carbonyl (C=O) groups excluding carboxylic acids is 2. The quantitative estimate of drug-likeness (QED) is 0.401. The van der Waals surface area contributed by atoms with E-state index in [2.05, 4.69) is 28.9 Å². The molecule has 1 aromatic rings. The molecule has 4 rings (SSSR count). The van der Waals surface area contributed by atoms with Crippen LogP contribution in [-0.4, -0.2) is 29.3 Å². The number of alkyl halides is 1. The lowest BCUT2D eigenvalue weighted by Gasteiger charge is -2.51. The number of hydrogen-bond acceptors (Lipinski definition) is 4. The summed E-state index contributed by atoms with van der Waals surface area (Å²) in [7, 11) is 0. The highest BCUT2D eigenvalue weighted by atomic mass is 79.9. The first kappa shape index (κ1) is 19.1. The third-order valence-electron chi connectivity index (χ3n) is 6.99. The molecule has 3 aliphatic carbocycles. The van der Waals surface area contributed by atoms with Gasteiger partial charge in [0.15, 0.2) is 5.78 Å². The van der Waals surface area contributed by atoms with Crippen LogP contribution in [-0.2, 0) is 20.7 Å². The fourth-order valence-electron chi connectivity index (χ4n) is 5.96. The minimum Gasteiger partial charge on any atom is -0.427 e. The molecule has 6 atom stereocenters. The van der Waals surface area contributed by atoms with E-state index in [1.807, 2.05) is 19.1 Å². The summed E-state index contributed by atoms with van der Waals surface area (Å²) >= 11 is 3.63. The van der Waals surface area contributed by atoms with E-state index in [-0.39, 0.29) is 22.3 Å². The molecule has 146 valence electrons. The molecule has 2 saturated carbocycles. The second kappa shape index (κ2) is 7.00. The molecule has 4 nitrogen and oxygen atoms in total. The van der Waals surface area contributed by atoms with Crippen molar-refractivity contribution in [3.8, 4) is 5.75 Å². The van der Waals surface area contributed by atoms with Crippen molar-refractivity contribution >= 4 is 27.7 Å². The Hall–Kier alpha value is -1.20. The van der Waals surface area contributed by atoms with Gasteiger partial charge in [0.1, 0.15) is 5.75 Å². The van der Waals surface area contributed by atoms with Crippen LogP contribution in [0.3, 0.4) is 0 Å². The lowest BCUT2D eigenvalue weighted by molar-refractivity contribution is -0.136. The van der Waals surface area contributed by atoms with Crippen LogP contribution >= 0.6 is 15.9 Å². The fourth-order valence-corrected chi connectivity index (χ4v) is 6.89. The molecule has 1 aromatic carbocycles. The molecule has 0 heterocycles. The van der Waals surface area contributed by atoms with Gasteiger partial charge >= 0.3 is 5.97 Å². The summed E-state index contributed by atoms with van der Waals surface area (Å²) in [6.45, 7) is 6.27. The Bertz CT molecular complexity index is 776. The first-order valence-corrected chi connectivity index (χ1v) is 10.9. The topological polar surface area (TPSA) is 52.6 Å². The van der Waals surface area contributed by atoms with Crippen LogP contribution in [0.5, 0.6) is 5.75 Å². The maximum atomic E-state index is 12.9. The Labute approximate surface area is 169 Å². The van der Waals surface area contributed by atoms with Crippen molar-refractivity contribution < 1.29 is 19.1 Å². The monoisotopic (exact) mass is 434 g/mol. The molecule has 2 fully saturated rings. The molecule has 0 spiro atoms. The summed E-state index contributed by atoms with van der Waals surface area (Å²) in [4.78, 5) is 24.2. The van der Waals surface area contributed by atoms with Gasteiger partial charge in [0.25, 0.3) is 0 Å². The van der Waals surface area contributed by atoms with Crippen LogP contribution < -0.4 is 4.74 Å². The zero-order chi connectivity index (χ0) is 19.3. The van der Waals surface area contributed by atoms with Crippen molar-refractivity contribution in [2.75, 3.05) is 6.61 Å². The van der Waals surface area contributed by atoms with Crippen LogP contribution in [0.2, 0.25) is 0 Å². The standard InChI is InChI=1S/C22H27BrO4/c1-4-26-19-11-22(3)17(10-18(23)21(22)25)16-7-5-13-9-14(27-12(2)24)6-8-15(13)20(16)19/h6,8-9,16-20H,4-5,7,10-11H2,1-3H3/t16-,17-,18+,19-,20+,22-/m0/s1. The van der Waals surface area contributed by atoms with E-state index in [9.17, 15) is 9.59 Å². The Morgan fingerprint density at radius 3 is 2.85 bits per heavy atom. The maximum Gasteiger partial charge on any atom is 0.308 e. The van der Waals surface area contributed by atoms with Gasteiger partial charge in [-0.1, -0.05) is 28.9 Å². The summed E-state index contributed by atoms with van der Waals surface area (Å²) in [6.07, 6.45) is 3.78. The molecule has 27 heavy (non-hydrogen) atoms. The van der Waals surface area contributed by atoms with Crippen molar-refractivity contribution in [2.45, 2.75) is 63.3 Å². The molecule has 0 aliphatic heterocycles. The first-order valence-electron chi connectivity index (χ1n) is 9.96. The predicted octanol–water partition coefficient (Wildman–Crippen LogP) is 4.43. The van der Waals surface area contributed by atoms with E-state index in [1.54, 1.807) is 0 Å². The van der Waals surface area contributed by atoms with Crippen LogP contribution in [0.4, 0.5) is 0 Å². The number of esters is 1. The Morgan fingerprint density at radius 2 is 2.15 bits per heavy atom. The van der Waals surface area contributed by atoms with Gasteiger partial charge < -0.3 is 9.47 Å². The highest BCUT2D eigenvalue weighted by molar-refractivity contribution is 9.10. The molecule has 0 N–H and O–H groups in total. The van der Waals surface area contributed by atoms with Crippen molar-refractivity contribution in [2.24, 2.45) is 17.3 Å². The second-order valence-corrected chi connectivity index (χ2v) is 9.58. The van der Waals surface area contributed by atoms with E-state index < -0.39 is 0 Å². The van der Waals surface area contributed by atoms with E-state index >= 15 is 0 Å². The fraction of sp³-hybridized carbons (Fsp3) is 0.636. The van der Waals surface area contributed by atoms with Gasteiger partial charge in [0, 0.05) is 24.9 Å². The highest BCUT2D eigenvalue weighted by Gasteiger charge is 2.60. The van der Waals surface area contributed by atoms with Gasteiger partial charge in [-0.25, -0.2) is 0 Å². The molecular weight excluding hydrogens is 408 g/mol. The van der Waals surface area contributed by atoms with Gasteiger partial charge in [-0.05, 0) is 67.7 Å². The van der Waals surface area contributed by atoms with E-state index in [0.29, 0.717) is 35.9 Å². The van der Waals surface area contributed by atoms with Gasteiger partial charge in [-0.2, -0.15) is 0 Å². The Morgan fingerprint density at radius 1 is 1.37 bits per heavy atom. The zero-order valence-corrected chi connectivity index (χ0v) is 17.8. The minimum absolute atomic E-state index is 0.0266. The third kappa shape index (κ3) is 3.07. The van der Waals surface area contributed by atoms with Crippen molar-refractivity contribution in [3.63, 3.8) is 0 Å². The molecule has 0 unspecified atom stereocenters. The number of ether oxygens (including phenoxy) is 2. The van der Waals surface area contributed by atoms with E-state index in [1.165, 1.54) is 18.1 Å². The average Bonchev–Trinajstić information content (AvgIpc) is 2.84. The number of halogens is 1. The number of benzene rings is 1. The number of carbonyl (C=O) groups is 2. The summed E-state index contributed by atoms with van der Waals surface area (Å²) in [5.41, 5.74) is 2.28. The molecule has 0 saturated heterocycles. The summed E-state index contributed by atoms with van der Waals surface area (Å²) < 4.78 is 11.5. The smallest absolute Gasteiger partial charge is 0.308 e. The molecule has 5 heteroatoms. The lowest BCUT2D eigenvalue weighted by atomic mass is 9.54.